The van der Waals surface area contributed by atoms with Crippen LogP contribution in [0, 0.1) is 0 Å². The molecule has 0 aromatic heterocycles. The number of β-amino-alcohol motifs (C(OH)–C–C–N with tert-alkyl or cyclic N) is 1. The normalized spacial score (nSPS) is 33.4. The lowest BCUT2D eigenvalue weighted by molar-refractivity contribution is -0.00967. The van der Waals surface area contributed by atoms with Gasteiger partial charge in [0.05, 0.1) is 66.1 Å². The van der Waals surface area contributed by atoms with Gasteiger partial charge in [0.2, 0.25) is 0 Å². The Balaban J connectivity index is 0.917. The molecule has 10 saturated heterocycles. The summed E-state index contributed by atoms with van der Waals surface area (Å²) in [5, 5.41) is 9.38. The molecule has 0 aromatic carbocycles. The quantitative estimate of drug-likeness (QED) is 0.112. The van der Waals surface area contributed by atoms with E-state index in [9.17, 15) is 5.11 Å². The molecule has 0 atom stereocenters. The van der Waals surface area contributed by atoms with Crippen molar-refractivity contribution >= 4 is 35.7 Å². The van der Waals surface area contributed by atoms with E-state index >= 15 is 0 Å². The lowest BCUT2D eigenvalue weighted by atomic mass is 10.2. The number of nitrogens with zero attached hydrogens (tertiary/aromatic N) is 6. The molecule has 10 fully saturated rings. The molecule has 18 nitrogen and oxygen atoms in total. The summed E-state index contributed by atoms with van der Waals surface area (Å²) in [5.74, 6) is 0. The van der Waals surface area contributed by atoms with Crippen LogP contribution < -0.4 is 0 Å². The van der Waals surface area contributed by atoms with Crippen molar-refractivity contribution in [2.75, 3.05) is 197 Å². The van der Waals surface area contributed by atoms with E-state index in [0.29, 0.717) is 79.2 Å². The Bertz CT molecular complexity index is 1120. The minimum Gasteiger partial charge on any atom is -0.395 e. The van der Waals surface area contributed by atoms with E-state index in [0.717, 1.165) is 174 Å². The fourth-order valence-corrected chi connectivity index (χ4v) is 18.8. The number of unbranched alkanes of at least 4 members (excludes halogenated alkanes) is 1. The number of fused-ring (bicyclic) bond motifs is 18. The minimum atomic E-state index is -2.68. The van der Waals surface area contributed by atoms with E-state index in [-0.39, 0.29) is 6.61 Å². The van der Waals surface area contributed by atoms with Gasteiger partial charge in [-0.25, -0.2) is 0 Å². The third-order valence-corrected chi connectivity index (χ3v) is 24.2. The Labute approximate surface area is 377 Å². The van der Waals surface area contributed by atoms with E-state index in [1.165, 1.54) is 0 Å². The fraction of sp³-hybridized carbons (Fsp3) is 1.00. The fourth-order valence-electron chi connectivity index (χ4n) is 9.70. The summed E-state index contributed by atoms with van der Waals surface area (Å²) in [6.07, 6.45) is 6.31. The molecule has 10 aliphatic rings. The molecule has 0 amide bonds. The molecule has 0 unspecified atom stereocenters. The first-order chi connectivity index (χ1) is 30.5. The van der Waals surface area contributed by atoms with Gasteiger partial charge in [-0.2, -0.15) is 0 Å². The maximum absolute atomic E-state index is 9.38. The zero-order chi connectivity index (χ0) is 42.6. The second-order valence-corrected chi connectivity index (χ2v) is 28.1. The van der Waals surface area contributed by atoms with Gasteiger partial charge in [0, 0.05) is 110 Å². The zero-order valence-corrected chi connectivity index (χ0v) is 42.1. The van der Waals surface area contributed by atoms with Crippen LogP contribution in [0.25, 0.3) is 0 Å². The van der Waals surface area contributed by atoms with Crippen molar-refractivity contribution in [3.63, 3.8) is 0 Å². The molecule has 10 heterocycles. The van der Waals surface area contributed by atoms with Crippen LogP contribution in [0.5, 0.6) is 0 Å². The standard InChI is InChI=1S/C40H82N6O12Si4/c47-25-13-43-14-26-48-59(49-27-15-43)37-3-9-41(10-4-38-60-50-28-16-44(17-29-51-60)18-30-52-60)7-1-2-8-42(11-5-39-61-53-31-19-45(20-32-54-61)21-33-55-61)12-6-40-62-56-34-22-46(23-35-57-62)24-36-58-62/h47,59H,1-40H2. The SMILES string of the molecule is OCCN1CCO[SiH](CCCN(CCCCN(CCC[Si]23OCCN(CCO2)CCO3)CCC[Si]23OCCN(CCO2)CCO3)CCC[Si]23OCCN(CCO2)CCO3)OCC1. The van der Waals surface area contributed by atoms with Crippen molar-refractivity contribution in [2.24, 2.45) is 0 Å². The summed E-state index contributed by atoms with van der Waals surface area (Å²) in [7, 11) is -9.76. The van der Waals surface area contributed by atoms with Gasteiger partial charge in [-0.05, 0) is 83.8 Å². The van der Waals surface area contributed by atoms with Gasteiger partial charge in [-0.3, -0.25) is 19.6 Å². The predicted molar refractivity (Wildman–Crippen MR) is 243 cm³/mol. The molecular weight excluding hydrogens is 869 g/mol. The van der Waals surface area contributed by atoms with Gasteiger partial charge in [0.15, 0.2) is 0 Å². The molecule has 0 radical (unpaired) electrons. The highest BCUT2D eigenvalue weighted by atomic mass is 28.4. The number of hydrogen-bond acceptors (Lipinski definition) is 18. The van der Waals surface area contributed by atoms with E-state index in [1.54, 1.807) is 0 Å². The maximum atomic E-state index is 9.38. The van der Waals surface area contributed by atoms with Crippen LogP contribution in [-0.4, -0.2) is 267 Å². The lowest BCUT2D eigenvalue weighted by Gasteiger charge is -2.39. The number of hydrogen-bond donors (Lipinski definition) is 1. The second-order valence-electron chi connectivity index (χ2n) is 17.8. The van der Waals surface area contributed by atoms with Crippen LogP contribution in [0.3, 0.4) is 0 Å². The smallest absolute Gasteiger partial charge is 0.395 e. The third kappa shape index (κ3) is 16.7. The van der Waals surface area contributed by atoms with Gasteiger partial charge in [0.25, 0.3) is 0 Å². The average molecular weight is 951 g/mol. The molecule has 62 heavy (non-hydrogen) atoms. The Morgan fingerprint density at radius 1 is 0.387 bits per heavy atom. The molecular formula is C40H82N6O12Si4. The number of aliphatic hydroxyl groups excluding tert-OH is 1. The van der Waals surface area contributed by atoms with Crippen LogP contribution in [-0.2, 0) is 48.7 Å². The molecule has 0 spiro atoms. The predicted octanol–water partition coefficient (Wildman–Crippen LogP) is 0.446. The van der Waals surface area contributed by atoms with Gasteiger partial charge >= 0.3 is 35.7 Å². The molecule has 22 heteroatoms. The third-order valence-electron chi connectivity index (χ3n) is 13.4. The monoisotopic (exact) mass is 951 g/mol. The van der Waals surface area contributed by atoms with E-state index < -0.39 is 35.7 Å². The first kappa shape index (κ1) is 50.0. The summed E-state index contributed by atoms with van der Waals surface area (Å²) < 4.78 is 70.2. The molecule has 0 saturated carbocycles. The topological polar surface area (TPSA) is 141 Å². The van der Waals surface area contributed by atoms with Crippen LogP contribution in [0.4, 0.5) is 0 Å². The van der Waals surface area contributed by atoms with Crippen molar-refractivity contribution in [1.29, 1.82) is 0 Å². The van der Waals surface area contributed by atoms with Gasteiger partial charge < -0.3 is 63.6 Å². The Kier molecular flexibility index (Phi) is 22.0. The zero-order valence-electron chi connectivity index (χ0n) is 38.0. The molecule has 0 aliphatic carbocycles. The van der Waals surface area contributed by atoms with Crippen molar-refractivity contribution < 1.29 is 53.8 Å². The molecule has 360 valence electrons. The Morgan fingerprint density at radius 3 is 1.02 bits per heavy atom. The van der Waals surface area contributed by atoms with Crippen LogP contribution >= 0.6 is 0 Å². The van der Waals surface area contributed by atoms with Crippen LogP contribution in [0.1, 0.15) is 38.5 Å². The molecule has 1 N–H and O–H groups in total. The summed E-state index contributed by atoms with van der Waals surface area (Å²) in [6, 6.07) is 3.60. The first-order valence-corrected chi connectivity index (χ1v) is 32.0. The number of aliphatic hydroxyl groups is 1. The van der Waals surface area contributed by atoms with E-state index in [4.69, 9.17) is 48.7 Å². The average Bonchev–Trinajstić information content (AvgIpc) is 3.18. The molecule has 10 aliphatic heterocycles. The van der Waals surface area contributed by atoms with Crippen LogP contribution in [0.2, 0.25) is 24.2 Å². The largest absolute Gasteiger partial charge is 0.501 e. The number of rotatable bonds is 23. The molecule has 6 bridgehead atoms. The van der Waals surface area contributed by atoms with Crippen molar-refractivity contribution in [2.45, 2.75) is 62.7 Å². The van der Waals surface area contributed by atoms with E-state index in [2.05, 4.69) is 29.4 Å². The Morgan fingerprint density at radius 2 is 0.694 bits per heavy atom. The van der Waals surface area contributed by atoms with E-state index in [1.807, 2.05) is 0 Å². The van der Waals surface area contributed by atoms with Gasteiger partial charge in [-0.1, -0.05) is 0 Å². The Hall–Kier alpha value is 0.148. The summed E-state index contributed by atoms with van der Waals surface area (Å²) in [5.41, 5.74) is 0. The maximum Gasteiger partial charge on any atom is 0.501 e. The summed E-state index contributed by atoms with van der Waals surface area (Å²) >= 11 is 0. The van der Waals surface area contributed by atoms with Gasteiger partial charge in [-0.15, -0.1) is 0 Å². The summed E-state index contributed by atoms with van der Waals surface area (Å²) in [4.78, 5) is 14.7. The van der Waals surface area contributed by atoms with Crippen molar-refractivity contribution in [3.8, 4) is 0 Å². The van der Waals surface area contributed by atoms with Crippen LogP contribution in [0.15, 0.2) is 0 Å². The first-order valence-electron chi connectivity index (χ1n) is 24.5. The van der Waals surface area contributed by atoms with Gasteiger partial charge in [0.1, 0.15) is 0 Å². The second kappa shape index (κ2) is 27.2. The molecule has 0 aromatic rings. The highest BCUT2D eigenvalue weighted by molar-refractivity contribution is 6.61. The van der Waals surface area contributed by atoms with Crippen molar-refractivity contribution in [3.05, 3.63) is 0 Å². The lowest BCUT2D eigenvalue weighted by Crippen LogP contribution is -2.55. The highest BCUT2D eigenvalue weighted by Gasteiger charge is 2.46. The summed E-state index contributed by atoms with van der Waals surface area (Å²) in [6.45, 7) is 25.0. The minimum absolute atomic E-state index is 0.171. The highest BCUT2D eigenvalue weighted by Crippen LogP contribution is 2.26. The molecule has 10 rings (SSSR count). The van der Waals surface area contributed by atoms with Crippen molar-refractivity contribution in [1.82, 2.24) is 29.4 Å².